The molecule has 1 unspecified atom stereocenters. The summed E-state index contributed by atoms with van der Waals surface area (Å²) in [7, 11) is 1.73. The third-order valence-corrected chi connectivity index (χ3v) is 3.75. The summed E-state index contributed by atoms with van der Waals surface area (Å²) in [5.41, 5.74) is 0. The van der Waals surface area contributed by atoms with Crippen LogP contribution in [0.5, 0.6) is 0 Å². The van der Waals surface area contributed by atoms with Crippen LogP contribution in [0.4, 0.5) is 5.95 Å². The van der Waals surface area contributed by atoms with Gasteiger partial charge in [-0.2, -0.15) is 0 Å². The average molecular weight is 266 g/mol. The van der Waals surface area contributed by atoms with Crippen molar-refractivity contribution in [3.63, 3.8) is 0 Å². The van der Waals surface area contributed by atoms with E-state index in [2.05, 4.69) is 32.9 Å². The molecule has 1 aromatic heterocycles. The zero-order valence-corrected chi connectivity index (χ0v) is 12.1. The summed E-state index contributed by atoms with van der Waals surface area (Å²) >= 11 is 0. The minimum atomic E-state index is 0.580. The molecule has 0 aromatic carbocycles. The number of likely N-dealkylation sites (tertiary alicyclic amines) is 1. The SMILES string of the molecule is COCCCNc1nccn1CC(C)N1CCCC1. The number of ether oxygens (including phenoxy) is 1. The Labute approximate surface area is 116 Å². The Morgan fingerprint density at radius 2 is 2.21 bits per heavy atom. The second-order valence-corrected chi connectivity index (χ2v) is 5.27. The third-order valence-electron chi connectivity index (χ3n) is 3.75. The van der Waals surface area contributed by atoms with E-state index in [1.165, 1.54) is 25.9 Å². The maximum Gasteiger partial charge on any atom is 0.202 e. The van der Waals surface area contributed by atoms with Crippen LogP contribution in [0.3, 0.4) is 0 Å². The Hall–Kier alpha value is -1.07. The van der Waals surface area contributed by atoms with Crippen LogP contribution in [-0.2, 0) is 11.3 Å². The molecule has 108 valence electrons. The van der Waals surface area contributed by atoms with Gasteiger partial charge in [0.05, 0.1) is 0 Å². The first-order valence-electron chi connectivity index (χ1n) is 7.29. The molecule has 1 aromatic rings. The lowest BCUT2D eigenvalue weighted by atomic mass is 10.3. The highest BCUT2D eigenvalue weighted by molar-refractivity contribution is 5.25. The normalized spacial score (nSPS) is 17.8. The van der Waals surface area contributed by atoms with Crippen molar-refractivity contribution < 1.29 is 4.74 Å². The zero-order valence-electron chi connectivity index (χ0n) is 12.1. The van der Waals surface area contributed by atoms with Crippen molar-refractivity contribution in [2.24, 2.45) is 0 Å². The number of nitrogens with zero attached hydrogens (tertiary/aromatic N) is 3. The van der Waals surface area contributed by atoms with Crippen molar-refractivity contribution in [1.82, 2.24) is 14.5 Å². The lowest BCUT2D eigenvalue weighted by molar-refractivity contribution is 0.197. The molecule has 1 fully saturated rings. The first-order chi connectivity index (χ1) is 9.31. The monoisotopic (exact) mass is 266 g/mol. The predicted molar refractivity (Wildman–Crippen MR) is 77.5 cm³/mol. The highest BCUT2D eigenvalue weighted by atomic mass is 16.5. The maximum atomic E-state index is 5.05. The fourth-order valence-electron chi connectivity index (χ4n) is 2.62. The van der Waals surface area contributed by atoms with Crippen LogP contribution in [-0.4, -0.2) is 53.8 Å². The van der Waals surface area contributed by atoms with Gasteiger partial charge >= 0.3 is 0 Å². The van der Waals surface area contributed by atoms with Crippen molar-refractivity contribution in [1.29, 1.82) is 0 Å². The second kappa shape index (κ2) is 7.50. The standard InChI is InChI=1S/C14H26N4O/c1-13(17-8-3-4-9-17)12-18-10-7-16-14(18)15-6-5-11-19-2/h7,10,13H,3-6,8-9,11-12H2,1-2H3,(H,15,16). The van der Waals surface area contributed by atoms with Gasteiger partial charge < -0.3 is 14.6 Å². The van der Waals surface area contributed by atoms with E-state index in [1.807, 2.05) is 6.20 Å². The lowest BCUT2D eigenvalue weighted by Gasteiger charge is -2.24. The molecule has 0 aliphatic carbocycles. The van der Waals surface area contributed by atoms with E-state index in [0.29, 0.717) is 6.04 Å². The predicted octanol–water partition coefficient (Wildman–Crippen LogP) is 1.82. The van der Waals surface area contributed by atoms with E-state index in [-0.39, 0.29) is 0 Å². The van der Waals surface area contributed by atoms with Gasteiger partial charge in [-0.15, -0.1) is 0 Å². The Bertz CT molecular complexity index is 360. The summed E-state index contributed by atoms with van der Waals surface area (Å²) < 4.78 is 7.27. The maximum absolute atomic E-state index is 5.05. The molecule has 1 aliphatic heterocycles. The van der Waals surface area contributed by atoms with Crippen LogP contribution >= 0.6 is 0 Å². The van der Waals surface area contributed by atoms with Crippen LogP contribution in [0.2, 0.25) is 0 Å². The molecule has 5 heteroatoms. The summed E-state index contributed by atoms with van der Waals surface area (Å²) in [6.45, 7) is 7.49. The highest BCUT2D eigenvalue weighted by Gasteiger charge is 2.18. The van der Waals surface area contributed by atoms with Crippen LogP contribution in [0.1, 0.15) is 26.2 Å². The number of imidazole rings is 1. The van der Waals surface area contributed by atoms with Gasteiger partial charge in [-0.3, -0.25) is 4.90 Å². The van der Waals surface area contributed by atoms with E-state index in [9.17, 15) is 0 Å². The van der Waals surface area contributed by atoms with E-state index >= 15 is 0 Å². The van der Waals surface area contributed by atoms with E-state index in [1.54, 1.807) is 7.11 Å². The summed E-state index contributed by atoms with van der Waals surface area (Å²) in [6.07, 6.45) is 7.62. The Kier molecular flexibility index (Phi) is 5.66. The molecule has 0 radical (unpaired) electrons. The molecule has 5 nitrogen and oxygen atoms in total. The number of nitrogens with one attached hydrogen (secondary N) is 1. The van der Waals surface area contributed by atoms with Crippen LogP contribution in [0.15, 0.2) is 12.4 Å². The molecule has 0 bridgehead atoms. The molecule has 1 aliphatic rings. The molecule has 1 N–H and O–H groups in total. The van der Waals surface area contributed by atoms with Gasteiger partial charge in [0, 0.05) is 45.2 Å². The number of hydrogen-bond acceptors (Lipinski definition) is 4. The highest BCUT2D eigenvalue weighted by Crippen LogP contribution is 2.14. The van der Waals surface area contributed by atoms with E-state index in [4.69, 9.17) is 4.74 Å². The average Bonchev–Trinajstić information content (AvgIpc) is 3.06. The van der Waals surface area contributed by atoms with Gasteiger partial charge in [-0.25, -0.2) is 4.98 Å². The number of hydrogen-bond donors (Lipinski definition) is 1. The summed E-state index contributed by atoms with van der Waals surface area (Å²) in [5, 5.41) is 3.38. The largest absolute Gasteiger partial charge is 0.385 e. The Morgan fingerprint density at radius 1 is 1.42 bits per heavy atom. The smallest absolute Gasteiger partial charge is 0.202 e. The van der Waals surface area contributed by atoms with Crippen LogP contribution in [0, 0.1) is 0 Å². The van der Waals surface area contributed by atoms with Crippen molar-refractivity contribution in [2.45, 2.75) is 38.8 Å². The molecule has 0 spiro atoms. The second-order valence-electron chi connectivity index (χ2n) is 5.27. The van der Waals surface area contributed by atoms with Gasteiger partial charge in [0.15, 0.2) is 0 Å². The van der Waals surface area contributed by atoms with Crippen molar-refractivity contribution in [3.05, 3.63) is 12.4 Å². The first-order valence-corrected chi connectivity index (χ1v) is 7.29. The molecule has 2 heterocycles. The van der Waals surface area contributed by atoms with Crippen molar-refractivity contribution >= 4 is 5.95 Å². The molecule has 0 amide bonds. The van der Waals surface area contributed by atoms with Gasteiger partial charge in [0.1, 0.15) is 0 Å². The molecule has 2 rings (SSSR count). The minimum absolute atomic E-state index is 0.580. The molecule has 1 saturated heterocycles. The molecular formula is C14H26N4O. The minimum Gasteiger partial charge on any atom is -0.385 e. The Morgan fingerprint density at radius 3 is 2.95 bits per heavy atom. The quantitative estimate of drug-likeness (QED) is 0.729. The van der Waals surface area contributed by atoms with Crippen LogP contribution in [0.25, 0.3) is 0 Å². The number of rotatable bonds is 8. The fraction of sp³-hybridized carbons (Fsp3) is 0.786. The lowest BCUT2D eigenvalue weighted by Crippen LogP contribution is -2.33. The summed E-state index contributed by atoms with van der Waals surface area (Å²) in [6, 6.07) is 0.580. The topological polar surface area (TPSA) is 42.3 Å². The molecule has 0 saturated carbocycles. The van der Waals surface area contributed by atoms with Gasteiger partial charge in [-0.1, -0.05) is 0 Å². The Balaban J connectivity index is 1.81. The van der Waals surface area contributed by atoms with E-state index in [0.717, 1.165) is 32.1 Å². The molecule has 19 heavy (non-hydrogen) atoms. The molecular weight excluding hydrogens is 240 g/mol. The van der Waals surface area contributed by atoms with Gasteiger partial charge in [-0.05, 0) is 39.3 Å². The first kappa shape index (κ1) is 14.3. The number of methoxy groups -OCH3 is 1. The fourth-order valence-corrected chi connectivity index (χ4v) is 2.62. The third kappa shape index (κ3) is 4.21. The van der Waals surface area contributed by atoms with Crippen LogP contribution < -0.4 is 5.32 Å². The summed E-state index contributed by atoms with van der Waals surface area (Å²) in [4.78, 5) is 6.95. The number of aromatic nitrogens is 2. The number of anilines is 1. The van der Waals surface area contributed by atoms with E-state index < -0.39 is 0 Å². The summed E-state index contributed by atoms with van der Waals surface area (Å²) in [5.74, 6) is 0.974. The van der Waals surface area contributed by atoms with Gasteiger partial charge in [0.2, 0.25) is 5.95 Å². The van der Waals surface area contributed by atoms with Crippen molar-refractivity contribution in [3.8, 4) is 0 Å². The molecule has 1 atom stereocenters. The zero-order chi connectivity index (χ0) is 13.5. The van der Waals surface area contributed by atoms with Gasteiger partial charge in [0.25, 0.3) is 0 Å². The van der Waals surface area contributed by atoms with Crippen molar-refractivity contribution in [2.75, 3.05) is 38.7 Å².